The Balaban J connectivity index is 1.79. The Morgan fingerprint density at radius 2 is 1.81 bits per heavy atom. The number of nitrogens with one attached hydrogen (secondary N) is 1. The summed E-state index contributed by atoms with van der Waals surface area (Å²) in [4.78, 5) is 26.9. The van der Waals surface area contributed by atoms with Crippen molar-refractivity contribution in [3.8, 4) is 5.69 Å². The second kappa shape index (κ2) is 7.41. The van der Waals surface area contributed by atoms with Gasteiger partial charge in [0.25, 0.3) is 11.5 Å². The summed E-state index contributed by atoms with van der Waals surface area (Å²) in [7, 11) is 4.10. The molecular formula is C20H24FN3O2. The quantitative estimate of drug-likeness (QED) is 0.895. The van der Waals surface area contributed by atoms with Crippen molar-refractivity contribution >= 4 is 5.91 Å². The molecule has 1 N–H and O–H groups in total. The number of halogens is 1. The molecule has 1 fully saturated rings. The SMILES string of the molecule is CN(C)C1(CNC(=O)c2ccc(=O)n(-c3ccc(F)cc3)c2)CCCC1. The lowest BCUT2D eigenvalue weighted by atomic mass is 9.96. The molecule has 0 atom stereocenters. The van der Waals surface area contributed by atoms with E-state index in [4.69, 9.17) is 0 Å². The van der Waals surface area contributed by atoms with Gasteiger partial charge in [-0.15, -0.1) is 0 Å². The maximum absolute atomic E-state index is 13.1. The van der Waals surface area contributed by atoms with E-state index in [0.717, 1.165) is 12.8 Å². The molecule has 0 aliphatic heterocycles. The molecule has 0 bridgehead atoms. The van der Waals surface area contributed by atoms with Crippen molar-refractivity contribution < 1.29 is 9.18 Å². The van der Waals surface area contributed by atoms with E-state index in [0.29, 0.717) is 17.8 Å². The highest BCUT2D eigenvalue weighted by Gasteiger charge is 2.36. The predicted molar refractivity (Wildman–Crippen MR) is 99.2 cm³/mol. The smallest absolute Gasteiger partial charge is 0.255 e. The second-order valence-corrected chi connectivity index (χ2v) is 7.11. The number of rotatable bonds is 5. The minimum atomic E-state index is -0.374. The van der Waals surface area contributed by atoms with Gasteiger partial charge in [-0.05, 0) is 57.3 Å². The third kappa shape index (κ3) is 3.70. The van der Waals surface area contributed by atoms with Crippen LogP contribution in [-0.4, -0.2) is 41.6 Å². The van der Waals surface area contributed by atoms with Crippen molar-refractivity contribution in [3.05, 3.63) is 64.3 Å². The molecule has 1 saturated carbocycles. The van der Waals surface area contributed by atoms with Crippen LogP contribution in [0.1, 0.15) is 36.0 Å². The molecule has 0 radical (unpaired) electrons. The minimum Gasteiger partial charge on any atom is -0.350 e. The number of aromatic nitrogens is 1. The number of nitrogens with zero attached hydrogens (tertiary/aromatic N) is 2. The zero-order chi connectivity index (χ0) is 18.7. The number of hydrogen-bond donors (Lipinski definition) is 1. The molecule has 0 spiro atoms. The summed E-state index contributed by atoms with van der Waals surface area (Å²) in [6, 6.07) is 8.48. The van der Waals surface area contributed by atoms with E-state index in [1.54, 1.807) is 0 Å². The van der Waals surface area contributed by atoms with Crippen molar-refractivity contribution in [1.29, 1.82) is 0 Å². The molecule has 138 valence electrons. The van der Waals surface area contributed by atoms with E-state index in [1.165, 1.54) is 60.0 Å². The molecule has 26 heavy (non-hydrogen) atoms. The largest absolute Gasteiger partial charge is 0.350 e. The molecule has 1 aliphatic carbocycles. The lowest BCUT2D eigenvalue weighted by molar-refractivity contribution is 0.0899. The van der Waals surface area contributed by atoms with E-state index >= 15 is 0 Å². The van der Waals surface area contributed by atoms with E-state index < -0.39 is 0 Å². The fraction of sp³-hybridized carbons (Fsp3) is 0.400. The Kier molecular flexibility index (Phi) is 5.23. The average molecular weight is 357 g/mol. The standard InChI is InChI=1S/C20H24FN3O2/c1-23(2)20(11-3-4-12-20)14-22-19(26)15-5-10-18(25)24(13-15)17-8-6-16(21)7-9-17/h5-10,13H,3-4,11-12,14H2,1-2H3,(H,22,26). The molecule has 6 heteroatoms. The zero-order valence-electron chi connectivity index (χ0n) is 15.2. The first-order valence-corrected chi connectivity index (χ1v) is 8.86. The summed E-state index contributed by atoms with van der Waals surface area (Å²) in [6.07, 6.45) is 5.97. The topological polar surface area (TPSA) is 54.3 Å². The van der Waals surface area contributed by atoms with Crippen LogP contribution in [0.4, 0.5) is 4.39 Å². The van der Waals surface area contributed by atoms with Crippen LogP contribution in [0.5, 0.6) is 0 Å². The Morgan fingerprint density at radius 1 is 1.15 bits per heavy atom. The van der Waals surface area contributed by atoms with Gasteiger partial charge in [-0.1, -0.05) is 12.8 Å². The maximum atomic E-state index is 13.1. The number of benzene rings is 1. The highest BCUT2D eigenvalue weighted by molar-refractivity contribution is 5.94. The van der Waals surface area contributed by atoms with Gasteiger partial charge in [0.1, 0.15) is 5.82 Å². The van der Waals surface area contributed by atoms with Crippen LogP contribution >= 0.6 is 0 Å². The molecule has 1 amide bonds. The number of carbonyl (C=O) groups is 1. The Labute approximate surface area is 152 Å². The first-order chi connectivity index (χ1) is 12.4. The predicted octanol–water partition coefficient (Wildman–Crippen LogP) is 2.58. The van der Waals surface area contributed by atoms with Gasteiger partial charge >= 0.3 is 0 Å². The van der Waals surface area contributed by atoms with Crippen LogP contribution in [0, 0.1) is 5.82 Å². The zero-order valence-corrected chi connectivity index (χ0v) is 15.2. The molecule has 5 nitrogen and oxygen atoms in total. The first kappa shape index (κ1) is 18.3. The van der Waals surface area contributed by atoms with Crippen LogP contribution in [-0.2, 0) is 0 Å². The Bertz CT molecular complexity index is 837. The van der Waals surface area contributed by atoms with Gasteiger partial charge in [0, 0.05) is 30.0 Å². The van der Waals surface area contributed by atoms with Crippen molar-refractivity contribution in [1.82, 2.24) is 14.8 Å². The Hall–Kier alpha value is -2.47. The molecule has 1 aromatic carbocycles. The molecule has 1 aliphatic rings. The van der Waals surface area contributed by atoms with Crippen LogP contribution in [0.2, 0.25) is 0 Å². The minimum absolute atomic E-state index is 0.00106. The Morgan fingerprint density at radius 3 is 2.42 bits per heavy atom. The summed E-state index contributed by atoms with van der Waals surface area (Å²) < 4.78 is 14.5. The van der Waals surface area contributed by atoms with Gasteiger partial charge < -0.3 is 10.2 Å². The van der Waals surface area contributed by atoms with Gasteiger partial charge in [0.15, 0.2) is 0 Å². The summed E-state index contributed by atoms with van der Waals surface area (Å²) in [5, 5.41) is 3.01. The number of amides is 1. The maximum Gasteiger partial charge on any atom is 0.255 e. The lowest BCUT2D eigenvalue weighted by Crippen LogP contribution is -2.50. The fourth-order valence-corrected chi connectivity index (χ4v) is 3.59. The van der Waals surface area contributed by atoms with Crippen LogP contribution < -0.4 is 10.9 Å². The highest BCUT2D eigenvalue weighted by atomic mass is 19.1. The summed E-state index contributed by atoms with van der Waals surface area (Å²) >= 11 is 0. The normalized spacial score (nSPS) is 16.0. The number of pyridine rings is 1. The van der Waals surface area contributed by atoms with E-state index in [9.17, 15) is 14.0 Å². The van der Waals surface area contributed by atoms with Gasteiger partial charge in [0.05, 0.1) is 5.56 Å². The van der Waals surface area contributed by atoms with Crippen molar-refractivity contribution in [2.45, 2.75) is 31.2 Å². The van der Waals surface area contributed by atoms with E-state index in [1.807, 2.05) is 14.1 Å². The van der Waals surface area contributed by atoms with Gasteiger partial charge in [-0.3, -0.25) is 14.2 Å². The van der Waals surface area contributed by atoms with Crippen molar-refractivity contribution in [2.24, 2.45) is 0 Å². The molecule has 1 aromatic heterocycles. The average Bonchev–Trinajstić information content (AvgIpc) is 3.11. The number of carbonyl (C=O) groups excluding carboxylic acids is 1. The molecule has 0 unspecified atom stereocenters. The van der Waals surface area contributed by atoms with Crippen molar-refractivity contribution in [2.75, 3.05) is 20.6 Å². The van der Waals surface area contributed by atoms with E-state index in [2.05, 4.69) is 10.2 Å². The molecule has 2 aromatic rings. The van der Waals surface area contributed by atoms with Crippen molar-refractivity contribution in [3.63, 3.8) is 0 Å². The van der Waals surface area contributed by atoms with Crippen LogP contribution in [0.25, 0.3) is 5.69 Å². The van der Waals surface area contributed by atoms with E-state index in [-0.39, 0.29) is 22.8 Å². The second-order valence-electron chi connectivity index (χ2n) is 7.11. The number of likely N-dealkylation sites (N-methyl/N-ethyl adjacent to an activating group) is 1. The molecule has 1 heterocycles. The van der Waals surface area contributed by atoms with Crippen LogP contribution in [0.3, 0.4) is 0 Å². The fourth-order valence-electron chi connectivity index (χ4n) is 3.59. The number of hydrogen-bond acceptors (Lipinski definition) is 3. The third-order valence-corrected chi connectivity index (χ3v) is 5.34. The summed E-state index contributed by atoms with van der Waals surface area (Å²) in [5.74, 6) is -0.588. The molecular weight excluding hydrogens is 333 g/mol. The monoisotopic (exact) mass is 357 g/mol. The highest BCUT2D eigenvalue weighted by Crippen LogP contribution is 2.33. The summed E-state index contributed by atoms with van der Waals surface area (Å²) in [6.45, 7) is 0.578. The summed E-state index contributed by atoms with van der Waals surface area (Å²) in [5.41, 5.74) is 0.655. The third-order valence-electron chi connectivity index (χ3n) is 5.34. The lowest BCUT2D eigenvalue weighted by Gasteiger charge is -2.36. The van der Waals surface area contributed by atoms with Gasteiger partial charge in [-0.25, -0.2) is 4.39 Å². The van der Waals surface area contributed by atoms with Gasteiger partial charge in [-0.2, -0.15) is 0 Å². The molecule has 0 saturated heterocycles. The first-order valence-electron chi connectivity index (χ1n) is 8.86. The van der Waals surface area contributed by atoms with Gasteiger partial charge in [0.2, 0.25) is 0 Å². The van der Waals surface area contributed by atoms with Crippen LogP contribution in [0.15, 0.2) is 47.4 Å². The molecule has 3 rings (SSSR count).